The fourth-order valence-corrected chi connectivity index (χ4v) is 1.50. The maximum atomic E-state index is 11.6. The second kappa shape index (κ2) is 4.65. The standard InChI is InChI=1S/C11H18N2O3/c1-5-16-10(14)9-8(6-11(2,3)15)7-13(4)12-9/h7,15H,5-6H2,1-4H3. The summed E-state index contributed by atoms with van der Waals surface area (Å²) in [5, 5.41) is 13.8. The lowest BCUT2D eigenvalue weighted by atomic mass is 9.99. The van der Waals surface area contributed by atoms with Crippen LogP contribution in [0.25, 0.3) is 0 Å². The highest BCUT2D eigenvalue weighted by Crippen LogP contribution is 2.16. The first-order chi connectivity index (χ1) is 7.33. The Kier molecular flexibility index (Phi) is 3.70. The van der Waals surface area contributed by atoms with Gasteiger partial charge in [-0.1, -0.05) is 0 Å². The van der Waals surface area contributed by atoms with Crippen molar-refractivity contribution in [2.75, 3.05) is 6.61 Å². The number of ether oxygens (including phenoxy) is 1. The number of esters is 1. The second-order valence-corrected chi connectivity index (χ2v) is 4.39. The summed E-state index contributed by atoms with van der Waals surface area (Å²) in [5.74, 6) is -0.442. The van der Waals surface area contributed by atoms with E-state index in [0.29, 0.717) is 18.6 Å². The first-order valence-electron chi connectivity index (χ1n) is 5.25. The quantitative estimate of drug-likeness (QED) is 0.775. The van der Waals surface area contributed by atoms with Crippen molar-refractivity contribution in [1.29, 1.82) is 0 Å². The molecule has 0 aliphatic heterocycles. The van der Waals surface area contributed by atoms with Crippen LogP contribution in [0.4, 0.5) is 0 Å². The summed E-state index contributed by atoms with van der Waals surface area (Å²) in [7, 11) is 1.73. The number of aliphatic hydroxyl groups is 1. The van der Waals surface area contributed by atoms with Crippen LogP contribution in [0.2, 0.25) is 0 Å². The Bertz CT molecular complexity index is 377. The van der Waals surface area contributed by atoms with Gasteiger partial charge in [-0.25, -0.2) is 4.79 Å². The van der Waals surface area contributed by atoms with Gasteiger partial charge in [-0.3, -0.25) is 4.68 Å². The van der Waals surface area contributed by atoms with Crippen molar-refractivity contribution >= 4 is 5.97 Å². The molecule has 1 aromatic heterocycles. The zero-order valence-electron chi connectivity index (χ0n) is 10.1. The van der Waals surface area contributed by atoms with E-state index >= 15 is 0 Å². The van der Waals surface area contributed by atoms with Gasteiger partial charge in [0.1, 0.15) is 0 Å². The molecule has 0 aliphatic rings. The number of aromatic nitrogens is 2. The van der Waals surface area contributed by atoms with Crippen molar-refractivity contribution in [3.05, 3.63) is 17.5 Å². The molecule has 5 nitrogen and oxygen atoms in total. The summed E-state index contributed by atoms with van der Waals surface area (Å²) in [4.78, 5) is 11.6. The predicted molar refractivity (Wildman–Crippen MR) is 59.2 cm³/mol. The lowest BCUT2D eigenvalue weighted by Gasteiger charge is -2.16. The van der Waals surface area contributed by atoms with Gasteiger partial charge in [0, 0.05) is 25.2 Å². The topological polar surface area (TPSA) is 64.3 Å². The zero-order valence-corrected chi connectivity index (χ0v) is 10.1. The van der Waals surface area contributed by atoms with Crippen molar-refractivity contribution in [2.24, 2.45) is 7.05 Å². The molecule has 0 atom stereocenters. The minimum Gasteiger partial charge on any atom is -0.461 e. The van der Waals surface area contributed by atoms with Gasteiger partial charge in [0.15, 0.2) is 5.69 Å². The summed E-state index contributed by atoms with van der Waals surface area (Å²) < 4.78 is 6.45. The van der Waals surface area contributed by atoms with Crippen LogP contribution >= 0.6 is 0 Å². The maximum absolute atomic E-state index is 11.6. The molecule has 0 unspecified atom stereocenters. The molecule has 0 radical (unpaired) electrons. The second-order valence-electron chi connectivity index (χ2n) is 4.39. The van der Waals surface area contributed by atoms with E-state index < -0.39 is 11.6 Å². The summed E-state index contributed by atoms with van der Waals surface area (Å²) in [6.07, 6.45) is 2.10. The summed E-state index contributed by atoms with van der Waals surface area (Å²) >= 11 is 0. The van der Waals surface area contributed by atoms with Crippen molar-refractivity contribution in [2.45, 2.75) is 32.8 Å². The molecule has 90 valence electrons. The molecular weight excluding hydrogens is 208 g/mol. The highest BCUT2D eigenvalue weighted by atomic mass is 16.5. The molecule has 0 fully saturated rings. The molecule has 16 heavy (non-hydrogen) atoms. The van der Waals surface area contributed by atoms with Gasteiger partial charge in [-0.2, -0.15) is 5.10 Å². The number of carbonyl (C=O) groups is 1. The van der Waals surface area contributed by atoms with Gasteiger partial charge in [-0.15, -0.1) is 0 Å². The van der Waals surface area contributed by atoms with Crippen LogP contribution in [0.15, 0.2) is 6.20 Å². The van der Waals surface area contributed by atoms with Crippen molar-refractivity contribution < 1.29 is 14.6 Å². The molecule has 0 bridgehead atoms. The summed E-state index contributed by atoms with van der Waals surface area (Å²) in [6.45, 7) is 5.44. The third kappa shape index (κ3) is 3.34. The first-order valence-corrected chi connectivity index (χ1v) is 5.25. The van der Waals surface area contributed by atoms with E-state index in [-0.39, 0.29) is 5.69 Å². The highest BCUT2D eigenvalue weighted by Gasteiger charge is 2.22. The van der Waals surface area contributed by atoms with Crippen LogP contribution in [-0.2, 0) is 18.2 Å². The smallest absolute Gasteiger partial charge is 0.359 e. The average Bonchev–Trinajstić information content (AvgIpc) is 2.44. The lowest BCUT2D eigenvalue weighted by molar-refractivity contribution is 0.0513. The Morgan fingerprint density at radius 1 is 1.62 bits per heavy atom. The molecule has 1 aromatic rings. The van der Waals surface area contributed by atoms with Gasteiger partial charge in [0.25, 0.3) is 0 Å². The molecule has 1 N–H and O–H groups in total. The number of aryl methyl sites for hydroxylation is 1. The van der Waals surface area contributed by atoms with Crippen LogP contribution < -0.4 is 0 Å². The Balaban J connectivity index is 2.96. The molecule has 0 saturated carbocycles. The van der Waals surface area contributed by atoms with Crippen LogP contribution in [0, 0.1) is 0 Å². The number of rotatable bonds is 4. The molecule has 0 amide bonds. The summed E-state index contributed by atoms with van der Waals surface area (Å²) in [6, 6.07) is 0. The molecule has 0 aromatic carbocycles. The monoisotopic (exact) mass is 226 g/mol. The van der Waals surface area contributed by atoms with Gasteiger partial charge in [-0.05, 0) is 20.8 Å². The van der Waals surface area contributed by atoms with E-state index in [2.05, 4.69) is 5.10 Å². The van der Waals surface area contributed by atoms with E-state index in [4.69, 9.17) is 4.74 Å². The molecule has 5 heteroatoms. The molecule has 1 heterocycles. The van der Waals surface area contributed by atoms with Crippen LogP contribution in [0.3, 0.4) is 0 Å². The Labute approximate surface area is 95.0 Å². The van der Waals surface area contributed by atoms with E-state index in [9.17, 15) is 9.90 Å². The minimum absolute atomic E-state index is 0.284. The van der Waals surface area contributed by atoms with Crippen LogP contribution in [0.1, 0.15) is 36.8 Å². The minimum atomic E-state index is -0.871. The number of nitrogens with zero attached hydrogens (tertiary/aromatic N) is 2. The Hall–Kier alpha value is -1.36. The average molecular weight is 226 g/mol. The van der Waals surface area contributed by atoms with Crippen molar-refractivity contribution in [3.8, 4) is 0 Å². The zero-order chi connectivity index (χ0) is 12.3. The molecular formula is C11H18N2O3. The number of hydrogen-bond donors (Lipinski definition) is 1. The lowest BCUT2D eigenvalue weighted by Crippen LogP contribution is -2.23. The largest absolute Gasteiger partial charge is 0.461 e. The van der Waals surface area contributed by atoms with E-state index in [1.807, 2.05) is 0 Å². The SMILES string of the molecule is CCOC(=O)c1nn(C)cc1CC(C)(C)O. The van der Waals surface area contributed by atoms with E-state index in [0.717, 1.165) is 0 Å². The van der Waals surface area contributed by atoms with Crippen molar-refractivity contribution in [3.63, 3.8) is 0 Å². The number of carbonyl (C=O) groups excluding carboxylic acids is 1. The van der Waals surface area contributed by atoms with Gasteiger partial charge in [0.05, 0.1) is 12.2 Å². The molecule has 0 aliphatic carbocycles. The molecule has 1 rings (SSSR count). The van der Waals surface area contributed by atoms with Gasteiger partial charge in [0.2, 0.25) is 0 Å². The van der Waals surface area contributed by atoms with Crippen LogP contribution in [0.5, 0.6) is 0 Å². The molecule has 0 saturated heterocycles. The first kappa shape index (κ1) is 12.7. The summed E-state index contributed by atoms with van der Waals surface area (Å²) in [5.41, 5.74) is 0.115. The molecule has 0 spiro atoms. The van der Waals surface area contributed by atoms with Crippen molar-refractivity contribution in [1.82, 2.24) is 9.78 Å². The fraction of sp³-hybridized carbons (Fsp3) is 0.636. The van der Waals surface area contributed by atoms with Gasteiger partial charge >= 0.3 is 5.97 Å². The Morgan fingerprint density at radius 3 is 2.75 bits per heavy atom. The third-order valence-corrected chi connectivity index (χ3v) is 2.00. The van der Waals surface area contributed by atoms with E-state index in [1.54, 1.807) is 38.7 Å². The maximum Gasteiger partial charge on any atom is 0.359 e. The fourth-order valence-electron chi connectivity index (χ4n) is 1.50. The van der Waals surface area contributed by atoms with Crippen LogP contribution in [-0.4, -0.2) is 33.1 Å². The van der Waals surface area contributed by atoms with Gasteiger partial charge < -0.3 is 9.84 Å². The predicted octanol–water partition coefficient (Wildman–Crippen LogP) is 0.910. The number of hydrogen-bond acceptors (Lipinski definition) is 4. The normalized spacial score (nSPS) is 11.6. The third-order valence-electron chi connectivity index (χ3n) is 2.00. The highest BCUT2D eigenvalue weighted by molar-refractivity contribution is 5.88. The van der Waals surface area contributed by atoms with E-state index in [1.165, 1.54) is 0 Å². The Morgan fingerprint density at radius 2 is 2.25 bits per heavy atom.